The standard InChI is InChI=1S/C14H31NO2/c1-5-9-15-14(6-2)8-7-10-16-11-12-17-13(3)4/h13-15H,5-12H2,1-4H3. The highest BCUT2D eigenvalue weighted by Gasteiger charge is 2.03. The molecule has 0 bridgehead atoms. The van der Waals surface area contributed by atoms with Crippen LogP contribution >= 0.6 is 0 Å². The number of hydrogen-bond acceptors (Lipinski definition) is 3. The van der Waals surface area contributed by atoms with E-state index in [9.17, 15) is 0 Å². The minimum atomic E-state index is 0.307. The Morgan fingerprint density at radius 1 is 1.06 bits per heavy atom. The fourth-order valence-corrected chi connectivity index (χ4v) is 1.68. The predicted molar refractivity (Wildman–Crippen MR) is 73.5 cm³/mol. The van der Waals surface area contributed by atoms with Crippen molar-refractivity contribution in [2.45, 2.75) is 65.5 Å². The Hall–Kier alpha value is -0.120. The van der Waals surface area contributed by atoms with Gasteiger partial charge in [-0.3, -0.25) is 0 Å². The van der Waals surface area contributed by atoms with Crippen LogP contribution in [0, 0.1) is 0 Å². The minimum absolute atomic E-state index is 0.307. The quantitative estimate of drug-likeness (QED) is 0.536. The SMILES string of the molecule is CCCNC(CC)CCCOCCOC(C)C. The predicted octanol–water partition coefficient (Wildman–Crippen LogP) is 2.99. The van der Waals surface area contributed by atoms with Crippen LogP contribution in [0.3, 0.4) is 0 Å². The summed E-state index contributed by atoms with van der Waals surface area (Å²) >= 11 is 0. The Morgan fingerprint density at radius 2 is 1.82 bits per heavy atom. The molecule has 0 amide bonds. The molecule has 0 aromatic carbocycles. The van der Waals surface area contributed by atoms with Gasteiger partial charge in [-0.1, -0.05) is 13.8 Å². The summed E-state index contributed by atoms with van der Waals surface area (Å²) in [6, 6.07) is 0.658. The first-order valence-corrected chi connectivity index (χ1v) is 7.13. The molecule has 0 aromatic heterocycles. The second-order valence-corrected chi connectivity index (χ2v) is 4.73. The largest absolute Gasteiger partial charge is 0.379 e. The molecule has 0 radical (unpaired) electrons. The molecule has 0 saturated heterocycles. The van der Waals surface area contributed by atoms with Crippen LogP contribution in [0.4, 0.5) is 0 Å². The minimum Gasteiger partial charge on any atom is -0.379 e. The van der Waals surface area contributed by atoms with Crippen molar-refractivity contribution >= 4 is 0 Å². The van der Waals surface area contributed by atoms with Crippen molar-refractivity contribution in [2.75, 3.05) is 26.4 Å². The lowest BCUT2D eigenvalue weighted by atomic mass is 10.1. The van der Waals surface area contributed by atoms with E-state index in [1.165, 1.54) is 19.3 Å². The fourth-order valence-electron chi connectivity index (χ4n) is 1.68. The van der Waals surface area contributed by atoms with Gasteiger partial charge >= 0.3 is 0 Å². The van der Waals surface area contributed by atoms with Crippen molar-refractivity contribution in [3.05, 3.63) is 0 Å². The fraction of sp³-hybridized carbons (Fsp3) is 1.00. The summed E-state index contributed by atoms with van der Waals surface area (Å²) in [5.74, 6) is 0. The summed E-state index contributed by atoms with van der Waals surface area (Å²) in [6.07, 6.45) is 5.07. The van der Waals surface area contributed by atoms with E-state index < -0.39 is 0 Å². The number of rotatable bonds is 12. The lowest BCUT2D eigenvalue weighted by Gasteiger charge is -2.16. The van der Waals surface area contributed by atoms with Crippen molar-refractivity contribution in [3.63, 3.8) is 0 Å². The Morgan fingerprint density at radius 3 is 2.41 bits per heavy atom. The molecule has 0 spiro atoms. The lowest BCUT2D eigenvalue weighted by molar-refractivity contribution is 0.0183. The summed E-state index contributed by atoms with van der Waals surface area (Å²) in [7, 11) is 0. The zero-order chi connectivity index (χ0) is 12.9. The van der Waals surface area contributed by atoms with Crippen LogP contribution in [-0.2, 0) is 9.47 Å². The van der Waals surface area contributed by atoms with Gasteiger partial charge in [-0.15, -0.1) is 0 Å². The van der Waals surface area contributed by atoms with Gasteiger partial charge in [0.2, 0.25) is 0 Å². The smallest absolute Gasteiger partial charge is 0.0703 e. The summed E-state index contributed by atoms with van der Waals surface area (Å²) in [5, 5.41) is 3.56. The monoisotopic (exact) mass is 245 g/mol. The van der Waals surface area contributed by atoms with Gasteiger partial charge in [-0.2, -0.15) is 0 Å². The highest BCUT2D eigenvalue weighted by Crippen LogP contribution is 2.02. The third kappa shape index (κ3) is 12.1. The van der Waals surface area contributed by atoms with Crippen LogP contribution in [-0.4, -0.2) is 38.5 Å². The molecule has 17 heavy (non-hydrogen) atoms. The molecule has 0 aliphatic carbocycles. The van der Waals surface area contributed by atoms with Gasteiger partial charge in [-0.25, -0.2) is 0 Å². The molecule has 0 aliphatic rings. The van der Waals surface area contributed by atoms with Crippen molar-refractivity contribution in [1.29, 1.82) is 0 Å². The average Bonchev–Trinajstić information content (AvgIpc) is 2.31. The zero-order valence-corrected chi connectivity index (χ0v) is 12.1. The van der Waals surface area contributed by atoms with E-state index in [1.807, 2.05) is 13.8 Å². The Balaban J connectivity index is 3.24. The van der Waals surface area contributed by atoms with Crippen LogP contribution < -0.4 is 5.32 Å². The maximum absolute atomic E-state index is 5.53. The summed E-state index contributed by atoms with van der Waals surface area (Å²) in [6.45, 7) is 12.0. The van der Waals surface area contributed by atoms with E-state index >= 15 is 0 Å². The van der Waals surface area contributed by atoms with Crippen molar-refractivity contribution in [1.82, 2.24) is 5.32 Å². The average molecular weight is 245 g/mol. The summed E-state index contributed by atoms with van der Waals surface area (Å²) in [5.41, 5.74) is 0. The number of ether oxygens (including phenoxy) is 2. The van der Waals surface area contributed by atoms with Crippen LogP contribution in [0.25, 0.3) is 0 Å². The molecule has 1 N–H and O–H groups in total. The van der Waals surface area contributed by atoms with E-state index in [4.69, 9.17) is 9.47 Å². The van der Waals surface area contributed by atoms with Gasteiger partial charge in [0, 0.05) is 12.6 Å². The molecule has 0 heterocycles. The van der Waals surface area contributed by atoms with Gasteiger partial charge < -0.3 is 14.8 Å². The first-order valence-electron chi connectivity index (χ1n) is 7.13. The molecule has 0 rings (SSSR count). The maximum Gasteiger partial charge on any atom is 0.0703 e. The van der Waals surface area contributed by atoms with E-state index in [0.717, 1.165) is 26.2 Å². The molecule has 1 atom stereocenters. The second-order valence-electron chi connectivity index (χ2n) is 4.73. The number of nitrogens with one attached hydrogen (secondary N) is 1. The topological polar surface area (TPSA) is 30.5 Å². The van der Waals surface area contributed by atoms with Gasteiger partial charge in [0.05, 0.1) is 19.3 Å². The Labute approximate surface area is 107 Å². The molecule has 1 unspecified atom stereocenters. The molecule has 0 saturated carbocycles. The summed E-state index contributed by atoms with van der Waals surface area (Å²) in [4.78, 5) is 0. The van der Waals surface area contributed by atoms with Crippen molar-refractivity contribution in [3.8, 4) is 0 Å². The van der Waals surface area contributed by atoms with E-state index in [1.54, 1.807) is 0 Å². The van der Waals surface area contributed by atoms with Gasteiger partial charge in [0.25, 0.3) is 0 Å². The van der Waals surface area contributed by atoms with Crippen LogP contribution in [0.5, 0.6) is 0 Å². The summed E-state index contributed by atoms with van der Waals surface area (Å²) < 4.78 is 10.9. The molecule has 0 aromatic rings. The molecular weight excluding hydrogens is 214 g/mol. The third-order valence-electron chi connectivity index (χ3n) is 2.70. The highest BCUT2D eigenvalue weighted by molar-refractivity contribution is 4.63. The molecular formula is C14H31NO2. The maximum atomic E-state index is 5.53. The van der Waals surface area contributed by atoms with Crippen LogP contribution in [0.2, 0.25) is 0 Å². The zero-order valence-electron chi connectivity index (χ0n) is 12.1. The first-order chi connectivity index (χ1) is 8.20. The van der Waals surface area contributed by atoms with Gasteiger partial charge in [0.1, 0.15) is 0 Å². The van der Waals surface area contributed by atoms with Crippen LogP contribution in [0.1, 0.15) is 53.4 Å². The van der Waals surface area contributed by atoms with Crippen molar-refractivity contribution in [2.24, 2.45) is 0 Å². The van der Waals surface area contributed by atoms with E-state index in [0.29, 0.717) is 18.8 Å². The van der Waals surface area contributed by atoms with E-state index in [2.05, 4.69) is 19.2 Å². The Bertz CT molecular complexity index is 151. The second kappa shape index (κ2) is 12.3. The highest BCUT2D eigenvalue weighted by atomic mass is 16.5. The third-order valence-corrected chi connectivity index (χ3v) is 2.70. The van der Waals surface area contributed by atoms with Gasteiger partial charge in [-0.05, 0) is 46.1 Å². The first kappa shape index (κ1) is 16.9. The number of hydrogen-bond donors (Lipinski definition) is 1. The Kier molecular flexibility index (Phi) is 12.3. The molecule has 3 nitrogen and oxygen atoms in total. The molecule has 0 aliphatic heterocycles. The molecule has 104 valence electrons. The van der Waals surface area contributed by atoms with Crippen LogP contribution in [0.15, 0.2) is 0 Å². The normalized spacial score (nSPS) is 13.2. The lowest BCUT2D eigenvalue weighted by Crippen LogP contribution is -2.29. The molecule has 3 heteroatoms. The molecule has 0 fully saturated rings. The van der Waals surface area contributed by atoms with E-state index in [-0.39, 0.29) is 0 Å². The van der Waals surface area contributed by atoms with Gasteiger partial charge in [0.15, 0.2) is 0 Å². The van der Waals surface area contributed by atoms with Crippen molar-refractivity contribution < 1.29 is 9.47 Å².